The lowest BCUT2D eigenvalue weighted by atomic mass is 9.95. The molecule has 0 aliphatic rings. The molecule has 0 fully saturated rings. The average molecular weight is 303 g/mol. The van der Waals surface area contributed by atoms with E-state index < -0.39 is 5.60 Å². The Morgan fingerprint density at radius 1 is 1.36 bits per heavy atom. The van der Waals surface area contributed by atoms with Gasteiger partial charge in [0.25, 0.3) is 0 Å². The van der Waals surface area contributed by atoms with Crippen molar-refractivity contribution in [3.05, 3.63) is 29.8 Å². The van der Waals surface area contributed by atoms with Crippen LogP contribution in [-0.2, 0) is 4.79 Å². The molecule has 1 amide bonds. The fourth-order valence-corrected chi connectivity index (χ4v) is 1.88. The first kappa shape index (κ1) is 18.0. The predicted molar refractivity (Wildman–Crippen MR) is 87.4 cm³/mol. The highest BCUT2D eigenvalue weighted by Crippen LogP contribution is 2.15. The van der Waals surface area contributed by atoms with Crippen LogP contribution in [0.3, 0.4) is 0 Å². The summed E-state index contributed by atoms with van der Waals surface area (Å²) in [5, 5.41) is 24.6. The van der Waals surface area contributed by atoms with Crippen molar-refractivity contribution < 1.29 is 9.90 Å². The first-order valence-corrected chi connectivity index (χ1v) is 7.55. The number of aliphatic hydroxyl groups is 1. The Morgan fingerprint density at radius 2 is 2.00 bits per heavy atom. The summed E-state index contributed by atoms with van der Waals surface area (Å²) in [5.41, 5.74) is 0.478. The van der Waals surface area contributed by atoms with E-state index in [1.165, 1.54) is 0 Å². The Kier molecular flexibility index (Phi) is 6.87. The van der Waals surface area contributed by atoms with Crippen molar-refractivity contribution in [2.24, 2.45) is 5.92 Å². The van der Waals surface area contributed by atoms with E-state index in [0.29, 0.717) is 17.9 Å². The third kappa shape index (κ3) is 7.09. The van der Waals surface area contributed by atoms with Gasteiger partial charge in [0.2, 0.25) is 5.91 Å². The van der Waals surface area contributed by atoms with Crippen LogP contribution < -0.4 is 10.6 Å². The third-order valence-electron chi connectivity index (χ3n) is 3.39. The summed E-state index contributed by atoms with van der Waals surface area (Å²) in [6.07, 6.45) is 1.58. The Labute approximate surface area is 132 Å². The third-order valence-corrected chi connectivity index (χ3v) is 3.39. The van der Waals surface area contributed by atoms with Crippen LogP contribution in [0.25, 0.3) is 0 Å². The van der Waals surface area contributed by atoms with E-state index in [4.69, 9.17) is 5.26 Å². The molecule has 0 saturated carbocycles. The van der Waals surface area contributed by atoms with Crippen molar-refractivity contribution >= 4 is 11.6 Å². The number of hydrogen-bond donors (Lipinski definition) is 3. The Bertz CT molecular complexity index is 516. The predicted octanol–water partition coefficient (Wildman–Crippen LogP) is 2.27. The van der Waals surface area contributed by atoms with Crippen molar-refractivity contribution in [1.82, 2.24) is 5.32 Å². The number of amides is 1. The molecule has 22 heavy (non-hydrogen) atoms. The molecular formula is C17H25N3O2. The highest BCUT2D eigenvalue weighted by atomic mass is 16.3. The second-order valence-corrected chi connectivity index (χ2v) is 6.25. The summed E-state index contributed by atoms with van der Waals surface area (Å²) in [6.45, 7) is 6.33. The number of carbonyl (C=O) groups excluding carboxylic acids is 1. The van der Waals surface area contributed by atoms with Crippen LogP contribution in [-0.4, -0.2) is 29.7 Å². The highest BCUT2D eigenvalue weighted by Gasteiger charge is 2.21. The molecule has 5 nitrogen and oxygen atoms in total. The zero-order valence-electron chi connectivity index (χ0n) is 13.5. The largest absolute Gasteiger partial charge is 0.388 e. The molecule has 1 rings (SSSR count). The van der Waals surface area contributed by atoms with Gasteiger partial charge in [0.1, 0.15) is 0 Å². The molecule has 0 bridgehead atoms. The molecule has 0 radical (unpaired) electrons. The average Bonchev–Trinajstić information content (AvgIpc) is 2.49. The minimum Gasteiger partial charge on any atom is -0.388 e. The SMILES string of the molecule is CC(C)CCC(C)(O)CNC(=O)CNc1ccc(C#N)cc1. The summed E-state index contributed by atoms with van der Waals surface area (Å²) < 4.78 is 0. The molecule has 0 heterocycles. The molecule has 0 aromatic heterocycles. The number of nitriles is 1. The summed E-state index contributed by atoms with van der Waals surface area (Å²) in [5.74, 6) is 0.356. The summed E-state index contributed by atoms with van der Waals surface area (Å²) >= 11 is 0. The number of benzene rings is 1. The second-order valence-electron chi connectivity index (χ2n) is 6.25. The van der Waals surface area contributed by atoms with Gasteiger partial charge in [-0.2, -0.15) is 5.26 Å². The van der Waals surface area contributed by atoms with Crippen LogP contribution in [0.1, 0.15) is 39.2 Å². The van der Waals surface area contributed by atoms with Crippen molar-refractivity contribution in [2.45, 2.75) is 39.2 Å². The molecule has 5 heteroatoms. The van der Waals surface area contributed by atoms with Crippen LogP contribution in [0.2, 0.25) is 0 Å². The van der Waals surface area contributed by atoms with E-state index in [0.717, 1.165) is 12.1 Å². The van der Waals surface area contributed by atoms with Crippen molar-refractivity contribution in [3.63, 3.8) is 0 Å². The van der Waals surface area contributed by atoms with E-state index in [9.17, 15) is 9.90 Å². The van der Waals surface area contributed by atoms with Crippen molar-refractivity contribution in [2.75, 3.05) is 18.4 Å². The monoisotopic (exact) mass is 303 g/mol. The molecule has 1 atom stereocenters. The quantitative estimate of drug-likeness (QED) is 0.688. The minimum atomic E-state index is -0.881. The van der Waals surface area contributed by atoms with Crippen LogP contribution in [0, 0.1) is 17.2 Å². The smallest absolute Gasteiger partial charge is 0.239 e. The molecule has 3 N–H and O–H groups in total. The molecule has 0 aliphatic carbocycles. The van der Waals surface area contributed by atoms with Crippen molar-refractivity contribution in [1.29, 1.82) is 5.26 Å². The Morgan fingerprint density at radius 3 is 2.55 bits per heavy atom. The maximum Gasteiger partial charge on any atom is 0.239 e. The van der Waals surface area contributed by atoms with E-state index >= 15 is 0 Å². The van der Waals surface area contributed by atoms with Gasteiger partial charge in [0.15, 0.2) is 0 Å². The van der Waals surface area contributed by atoms with Gasteiger partial charge in [-0.05, 0) is 49.9 Å². The van der Waals surface area contributed by atoms with Gasteiger partial charge >= 0.3 is 0 Å². The zero-order chi connectivity index (χ0) is 16.6. The maximum atomic E-state index is 11.8. The van der Waals surface area contributed by atoms with Crippen LogP contribution in [0.5, 0.6) is 0 Å². The highest BCUT2D eigenvalue weighted by molar-refractivity contribution is 5.80. The second kappa shape index (κ2) is 8.40. The van der Waals surface area contributed by atoms with Gasteiger partial charge in [-0.25, -0.2) is 0 Å². The van der Waals surface area contributed by atoms with Gasteiger partial charge in [0.05, 0.1) is 23.8 Å². The number of nitrogens with zero attached hydrogens (tertiary/aromatic N) is 1. The lowest BCUT2D eigenvalue weighted by Gasteiger charge is -2.24. The topological polar surface area (TPSA) is 85.2 Å². The van der Waals surface area contributed by atoms with Crippen molar-refractivity contribution in [3.8, 4) is 6.07 Å². The van der Waals surface area contributed by atoms with Gasteiger partial charge in [0, 0.05) is 12.2 Å². The molecule has 0 aliphatic heterocycles. The van der Waals surface area contributed by atoms with E-state index in [-0.39, 0.29) is 19.0 Å². The van der Waals surface area contributed by atoms with Gasteiger partial charge in [-0.15, -0.1) is 0 Å². The minimum absolute atomic E-state index is 0.131. The number of anilines is 1. The van der Waals surface area contributed by atoms with E-state index in [1.807, 2.05) is 6.07 Å². The molecule has 1 unspecified atom stereocenters. The van der Waals surface area contributed by atoms with Crippen LogP contribution in [0.15, 0.2) is 24.3 Å². The molecule has 1 aromatic rings. The molecule has 120 valence electrons. The van der Waals surface area contributed by atoms with Gasteiger partial charge in [-0.1, -0.05) is 13.8 Å². The lowest BCUT2D eigenvalue weighted by molar-refractivity contribution is -0.120. The Hall–Kier alpha value is -2.06. The molecular weight excluding hydrogens is 278 g/mol. The first-order valence-electron chi connectivity index (χ1n) is 7.55. The zero-order valence-corrected chi connectivity index (χ0v) is 13.5. The summed E-state index contributed by atoms with van der Waals surface area (Å²) in [7, 11) is 0. The number of hydrogen-bond acceptors (Lipinski definition) is 4. The molecule has 0 saturated heterocycles. The molecule has 0 spiro atoms. The fourth-order valence-electron chi connectivity index (χ4n) is 1.88. The van der Waals surface area contributed by atoms with Gasteiger partial charge < -0.3 is 15.7 Å². The maximum absolute atomic E-state index is 11.8. The van der Waals surface area contributed by atoms with Gasteiger partial charge in [-0.3, -0.25) is 4.79 Å². The first-order chi connectivity index (χ1) is 10.3. The number of carbonyl (C=O) groups is 1. The standard InChI is InChI=1S/C17H25N3O2/c1-13(2)8-9-17(3,22)12-20-16(21)11-19-15-6-4-14(10-18)5-7-15/h4-7,13,19,22H,8-9,11-12H2,1-3H3,(H,20,21). The summed E-state index contributed by atoms with van der Waals surface area (Å²) in [4.78, 5) is 11.8. The van der Waals surface area contributed by atoms with Crippen LogP contribution >= 0.6 is 0 Å². The van der Waals surface area contributed by atoms with E-state index in [2.05, 4.69) is 24.5 Å². The lowest BCUT2D eigenvalue weighted by Crippen LogP contribution is -2.42. The normalized spacial score (nSPS) is 13.3. The Balaban J connectivity index is 2.32. The van der Waals surface area contributed by atoms with E-state index in [1.54, 1.807) is 31.2 Å². The van der Waals surface area contributed by atoms with Crippen LogP contribution in [0.4, 0.5) is 5.69 Å². The number of nitrogens with one attached hydrogen (secondary N) is 2. The number of rotatable bonds is 8. The molecule has 1 aromatic carbocycles. The summed E-state index contributed by atoms with van der Waals surface area (Å²) in [6, 6.07) is 8.93. The fraction of sp³-hybridized carbons (Fsp3) is 0.529.